The number of benzene rings is 9. The lowest BCUT2D eigenvalue weighted by atomic mass is 9.68. The van der Waals surface area contributed by atoms with E-state index >= 15 is 0 Å². The fourth-order valence-electron chi connectivity index (χ4n) is 10.7. The molecule has 0 spiro atoms. The molecule has 0 bridgehead atoms. The van der Waals surface area contributed by atoms with Crippen LogP contribution in [0.1, 0.15) is 47.2 Å². The van der Waals surface area contributed by atoms with E-state index in [-0.39, 0.29) is 5.41 Å². The average Bonchev–Trinajstić information content (AvgIpc) is 3.89. The minimum Gasteiger partial charge on any atom is -0.456 e. The van der Waals surface area contributed by atoms with E-state index in [0.29, 0.717) is 0 Å². The molecular formula is C56H39NO. The highest BCUT2D eigenvalue weighted by Gasteiger charge is 2.48. The van der Waals surface area contributed by atoms with Gasteiger partial charge in [0.25, 0.3) is 0 Å². The molecule has 0 saturated carbocycles. The van der Waals surface area contributed by atoms with Crippen molar-refractivity contribution in [3.8, 4) is 22.3 Å². The first-order valence-corrected chi connectivity index (χ1v) is 20.3. The van der Waals surface area contributed by atoms with Gasteiger partial charge in [0.1, 0.15) is 11.2 Å². The fraction of sp³-hybridized carbons (Fsp3) is 0.0714. The largest absolute Gasteiger partial charge is 0.456 e. The molecule has 9 aromatic carbocycles. The lowest BCUT2D eigenvalue weighted by molar-refractivity contribution is 0.666. The van der Waals surface area contributed by atoms with Crippen LogP contribution in [0.4, 0.5) is 17.1 Å². The second kappa shape index (κ2) is 12.2. The minimum atomic E-state index is -0.527. The number of rotatable bonds is 5. The Morgan fingerprint density at radius 3 is 1.76 bits per heavy atom. The molecule has 10 aromatic rings. The quantitative estimate of drug-likeness (QED) is 0.175. The van der Waals surface area contributed by atoms with Gasteiger partial charge < -0.3 is 9.32 Å². The maximum absolute atomic E-state index is 6.43. The maximum Gasteiger partial charge on any atom is 0.135 e. The van der Waals surface area contributed by atoms with Crippen LogP contribution in [0.25, 0.3) is 55.0 Å². The normalized spacial score (nSPS) is 14.3. The molecule has 2 nitrogen and oxygen atoms in total. The molecule has 0 saturated heterocycles. The molecule has 0 amide bonds. The van der Waals surface area contributed by atoms with E-state index in [4.69, 9.17) is 4.42 Å². The molecule has 1 heterocycles. The first-order chi connectivity index (χ1) is 28.5. The van der Waals surface area contributed by atoms with Crippen LogP contribution in [0.5, 0.6) is 0 Å². The van der Waals surface area contributed by atoms with E-state index in [1.807, 2.05) is 6.07 Å². The Balaban J connectivity index is 1.24. The minimum absolute atomic E-state index is 0.209. The predicted octanol–water partition coefficient (Wildman–Crippen LogP) is 14.9. The van der Waals surface area contributed by atoms with Crippen LogP contribution >= 0.6 is 0 Å². The Morgan fingerprint density at radius 2 is 1.00 bits per heavy atom. The molecule has 1 aromatic heterocycles. The van der Waals surface area contributed by atoms with E-state index in [0.717, 1.165) is 33.3 Å². The molecule has 0 aliphatic heterocycles. The summed E-state index contributed by atoms with van der Waals surface area (Å²) < 4.78 is 6.43. The van der Waals surface area contributed by atoms with Crippen LogP contribution in [0.3, 0.4) is 0 Å². The SMILES string of the molecule is CC1(C)c2ccccc2-c2c(N(c3ccc4oc5ccccc5c4c3)c3cccc4c3-c3ccccc3C4(c3ccccc3)c3ccccc3)cc3ccccc3c21. The third kappa shape index (κ3) is 4.38. The summed E-state index contributed by atoms with van der Waals surface area (Å²) in [6.07, 6.45) is 0. The zero-order chi connectivity index (χ0) is 38.6. The molecule has 0 atom stereocenters. The highest BCUT2D eigenvalue weighted by molar-refractivity contribution is 6.10. The second-order valence-corrected chi connectivity index (χ2v) is 16.4. The van der Waals surface area contributed by atoms with Gasteiger partial charge in [-0.25, -0.2) is 0 Å². The number of furan rings is 1. The van der Waals surface area contributed by atoms with Gasteiger partial charge in [0, 0.05) is 33.0 Å². The van der Waals surface area contributed by atoms with Gasteiger partial charge in [-0.05, 0) is 91.7 Å². The average molecular weight is 742 g/mol. The van der Waals surface area contributed by atoms with Crippen LogP contribution in [-0.2, 0) is 10.8 Å². The number of nitrogens with zero attached hydrogens (tertiary/aromatic N) is 1. The van der Waals surface area contributed by atoms with Gasteiger partial charge >= 0.3 is 0 Å². The number of anilines is 3. The monoisotopic (exact) mass is 741 g/mol. The van der Waals surface area contributed by atoms with Crippen LogP contribution in [0.2, 0.25) is 0 Å². The van der Waals surface area contributed by atoms with Crippen molar-refractivity contribution >= 4 is 49.8 Å². The van der Waals surface area contributed by atoms with Crippen LogP contribution in [0, 0.1) is 0 Å². The van der Waals surface area contributed by atoms with Crippen molar-refractivity contribution in [2.24, 2.45) is 0 Å². The van der Waals surface area contributed by atoms with E-state index in [9.17, 15) is 0 Å². The zero-order valence-corrected chi connectivity index (χ0v) is 32.4. The third-order valence-corrected chi connectivity index (χ3v) is 13.1. The molecule has 0 radical (unpaired) electrons. The van der Waals surface area contributed by atoms with Crippen LogP contribution < -0.4 is 4.90 Å². The van der Waals surface area contributed by atoms with Gasteiger partial charge in [-0.15, -0.1) is 0 Å². The van der Waals surface area contributed by atoms with E-state index in [2.05, 4.69) is 213 Å². The third-order valence-electron chi connectivity index (χ3n) is 13.1. The molecule has 58 heavy (non-hydrogen) atoms. The van der Waals surface area contributed by atoms with Crippen molar-refractivity contribution in [3.63, 3.8) is 0 Å². The summed E-state index contributed by atoms with van der Waals surface area (Å²) in [6.45, 7) is 4.79. The summed E-state index contributed by atoms with van der Waals surface area (Å²) in [5.41, 5.74) is 17.3. The lowest BCUT2D eigenvalue weighted by Crippen LogP contribution is -2.28. The smallest absolute Gasteiger partial charge is 0.135 e. The maximum atomic E-state index is 6.43. The highest BCUT2D eigenvalue weighted by Crippen LogP contribution is 2.62. The van der Waals surface area contributed by atoms with Gasteiger partial charge in [-0.2, -0.15) is 0 Å². The Kier molecular flexibility index (Phi) is 6.93. The van der Waals surface area contributed by atoms with Crippen LogP contribution in [0.15, 0.2) is 205 Å². The first kappa shape index (κ1) is 33.0. The number of para-hydroxylation sites is 1. The van der Waals surface area contributed by atoms with Gasteiger partial charge in [0.15, 0.2) is 0 Å². The molecule has 2 heteroatoms. The summed E-state index contributed by atoms with van der Waals surface area (Å²) in [7, 11) is 0. The molecule has 0 unspecified atom stereocenters. The molecule has 0 N–H and O–H groups in total. The van der Waals surface area contributed by atoms with Crippen molar-refractivity contribution < 1.29 is 4.42 Å². The van der Waals surface area contributed by atoms with Gasteiger partial charge in [-0.3, -0.25) is 0 Å². The van der Waals surface area contributed by atoms with Crippen LogP contribution in [-0.4, -0.2) is 0 Å². The van der Waals surface area contributed by atoms with E-state index in [1.54, 1.807) is 0 Å². The van der Waals surface area contributed by atoms with Gasteiger partial charge in [-0.1, -0.05) is 178 Å². The lowest BCUT2D eigenvalue weighted by Gasteiger charge is -2.35. The highest BCUT2D eigenvalue weighted by atomic mass is 16.3. The van der Waals surface area contributed by atoms with Crippen molar-refractivity contribution in [2.45, 2.75) is 24.7 Å². The zero-order valence-electron chi connectivity index (χ0n) is 32.4. The number of fused-ring (bicyclic) bond motifs is 11. The predicted molar refractivity (Wildman–Crippen MR) is 241 cm³/mol. The summed E-state index contributed by atoms with van der Waals surface area (Å²) in [6, 6.07) is 73.8. The van der Waals surface area contributed by atoms with E-state index < -0.39 is 5.41 Å². The Bertz CT molecular complexity index is 3220. The second-order valence-electron chi connectivity index (χ2n) is 16.4. The topological polar surface area (TPSA) is 16.4 Å². The molecule has 274 valence electrons. The van der Waals surface area contributed by atoms with E-state index in [1.165, 1.54) is 72.1 Å². The molecule has 0 fully saturated rings. The summed E-state index contributed by atoms with van der Waals surface area (Å²) in [4.78, 5) is 2.56. The van der Waals surface area contributed by atoms with Gasteiger partial charge in [0.05, 0.1) is 16.8 Å². The molecule has 12 rings (SSSR count). The van der Waals surface area contributed by atoms with Crippen molar-refractivity contribution in [2.75, 3.05) is 4.90 Å². The van der Waals surface area contributed by atoms with Crippen molar-refractivity contribution in [1.29, 1.82) is 0 Å². The fourth-order valence-corrected chi connectivity index (χ4v) is 10.7. The first-order valence-electron chi connectivity index (χ1n) is 20.3. The Labute approximate surface area is 338 Å². The van der Waals surface area contributed by atoms with Crippen molar-refractivity contribution in [1.82, 2.24) is 0 Å². The summed E-state index contributed by atoms with van der Waals surface area (Å²) >= 11 is 0. The molecule has 2 aliphatic carbocycles. The number of hydrogen-bond donors (Lipinski definition) is 0. The summed E-state index contributed by atoms with van der Waals surface area (Å²) in [5.74, 6) is 0. The molecular weight excluding hydrogens is 703 g/mol. The molecule has 2 aliphatic rings. The van der Waals surface area contributed by atoms with Crippen molar-refractivity contribution in [3.05, 3.63) is 234 Å². The van der Waals surface area contributed by atoms with Gasteiger partial charge in [0.2, 0.25) is 0 Å². The Morgan fingerprint density at radius 1 is 0.414 bits per heavy atom. The summed E-state index contributed by atoms with van der Waals surface area (Å²) in [5, 5.41) is 4.75. The Hall–Kier alpha value is -7.16. The standard InChI is InChI=1S/C56H39NO/c1-55(2)45-27-14-11-25-42(45)53-49(34-36-18-9-10-23-40(36)54(53)55)57(39-32-33-51-44(35-39)41-24-13-16-31-50(41)58-51)48-30-17-29-47-52(48)43-26-12-15-28-46(43)56(47,37-19-5-3-6-20-37)38-21-7-4-8-22-38/h3-35H,1-2H3. The number of hydrogen-bond acceptors (Lipinski definition) is 2.